The maximum atomic E-state index is 5.82. The van der Waals surface area contributed by atoms with Crippen LogP contribution in [0.15, 0.2) is 22.6 Å². The Morgan fingerprint density at radius 3 is 2.57 bits per heavy atom. The van der Waals surface area contributed by atoms with E-state index in [0.717, 1.165) is 24.2 Å². The van der Waals surface area contributed by atoms with Gasteiger partial charge in [-0.2, -0.15) is 0 Å². The molecule has 14 heavy (non-hydrogen) atoms. The fourth-order valence-electron chi connectivity index (χ4n) is 1.98. The van der Waals surface area contributed by atoms with E-state index in [9.17, 15) is 0 Å². The second-order valence-corrected chi connectivity index (χ2v) is 3.71. The Labute approximate surface area is 84.7 Å². The Morgan fingerprint density at radius 2 is 1.93 bits per heavy atom. The molecule has 0 spiro atoms. The van der Waals surface area contributed by atoms with Gasteiger partial charge in [-0.3, -0.25) is 0 Å². The molecule has 1 aromatic carbocycles. The van der Waals surface area contributed by atoms with E-state index in [-0.39, 0.29) is 0 Å². The molecule has 0 amide bonds. The van der Waals surface area contributed by atoms with Crippen LogP contribution < -0.4 is 0 Å². The largest absolute Gasteiger partial charge is 0.461 e. The van der Waals surface area contributed by atoms with Gasteiger partial charge in [-0.05, 0) is 25.0 Å². The minimum Gasteiger partial charge on any atom is -0.461 e. The first-order chi connectivity index (χ1) is 6.76. The normalized spacial score (nSPS) is 11.1. The van der Waals surface area contributed by atoms with Crippen LogP contribution in [0.4, 0.5) is 0 Å². The second-order valence-electron chi connectivity index (χ2n) is 3.71. The van der Waals surface area contributed by atoms with Crippen molar-refractivity contribution in [3.8, 4) is 0 Å². The average molecular weight is 188 g/mol. The van der Waals surface area contributed by atoms with Crippen LogP contribution in [-0.4, -0.2) is 0 Å². The van der Waals surface area contributed by atoms with Gasteiger partial charge >= 0.3 is 0 Å². The van der Waals surface area contributed by atoms with Crippen molar-refractivity contribution in [2.24, 2.45) is 0 Å². The van der Waals surface area contributed by atoms with Gasteiger partial charge < -0.3 is 4.42 Å². The van der Waals surface area contributed by atoms with Crippen LogP contribution in [0.1, 0.15) is 30.7 Å². The molecule has 0 unspecified atom stereocenters. The van der Waals surface area contributed by atoms with Gasteiger partial charge in [-0.1, -0.05) is 26.0 Å². The molecule has 0 N–H and O–H groups in total. The van der Waals surface area contributed by atoms with Crippen LogP contribution in [0.3, 0.4) is 0 Å². The molecule has 1 nitrogen and oxygen atoms in total. The minimum absolute atomic E-state index is 0.983. The zero-order chi connectivity index (χ0) is 10.1. The molecule has 1 heteroatoms. The van der Waals surface area contributed by atoms with Crippen molar-refractivity contribution in [2.45, 2.75) is 33.6 Å². The molecular formula is C13H16O. The van der Waals surface area contributed by atoms with E-state index in [4.69, 9.17) is 4.42 Å². The van der Waals surface area contributed by atoms with Crippen molar-refractivity contribution in [2.75, 3.05) is 0 Å². The van der Waals surface area contributed by atoms with Crippen molar-refractivity contribution in [1.82, 2.24) is 0 Å². The fraction of sp³-hybridized carbons (Fsp3) is 0.385. The van der Waals surface area contributed by atoms with Gasteiger partial charge in [0.05, 0.1) is 0 Å². The topological polar surface area (TPSA) is 13.1 Å². The summed E-state index contributed by atoms with van der Waals surface area (Å²) in [7, 11) is 0. The third-order valence-corrected chi connectivity index (χ3v) is 2.71. The Hall–Kier alpha value is -1.24. The predicted molar refractivity (Wildman–Crippen MR) is 59.7 cm³/mol. The zero-order valence-electron chi connectivity index (χ0n) is 9.05. The van der Waals surface area contributed by atoms with Gasteiger partial charge in [-0.25, -0.2) is 0 Å². The molecule has 0 atom stereocenters. The van der Waals surface area contributed by atoms with Gasteiger partial charge in [0.1, 0.15) is 11.3 Å². The maximum absolute atomic E-state index is 5.82. The van der Waals surface area contributed by atoms with E-state index in [1.807, 2.05) is 0 Å². The summed E-state index contributed by atoms with van der Waals surface area (Å²) < 4.78 is 5.82. The van der Waals surface area contributed by atoms with Crippen molar-refractivity contribution in [3.05, 3.63) is 35.1 Å². The molecule has 0 saturated carbocycles. The number of aryl methyl sites for hydroxylation is 3. The van der Waals surface area contributed by atoms with Crippen LogP contribution in [0.2, 0.25) is 0 Å². The molecule has 0 radical (unpaired) electrons. The quantitative estimate of drug-likeness (QED) is 0.697. The van der Waals surface area contributed by atoms with Crippen LogP contribution >= 0.6 is 0 Å². The molecule has 74 valence electrons. The SMILES string of the molecule is CCc1oc2cc(C)ccc2c1CC. The number of rotatable bonds is 2. The first-order valence-corrected chi connectivity index (χ1v) is 5.27. The minimum atomic E-state index is 0.983. The van der Waals surface area contributed by atoms with E-state index in [0.29, 0.717) is 0 Å². The van der Waals surface area contributed by atoms with E-state index in [2.05, 4.69) is 39.0 Å². The standard InChI is InChI=1S/C13H16O/c1-4-10-11-7-6-9(3)8-13(11)14-12(10)5-2/h6-8H,4-5H2,1-3H3. The predicted octanol–water partition coefficient (Wildman–Crippen LogP) is 3.87. The van der Waals surface area contributed by atoms with E-state index in [1.165, 1.54) is 16.5 Å². The summed E-state index contributed by atoms with van der Waals surface area (Å²) in [5.74, 6) is 1.15. The lowest BCUT2D eigenvalue weighted by Gasteiger charge is -1.95. The molecule has 0 fully saturated rings. The summed E-state index contributed by atoms with van der Waals surface area (Å²) in [5.41, 5.74) is 3.68. The van der Waals surface area contributed by atoms with Gasteiger partial charge in [0.25, 0.3) is 0 Å². The second kappa shape index (κ2) is 3.49. The average Bonchev–Trinajstić information content (AvgIpc) is 2.54. The number of benzene rings is 1. The molecule has 0 saturated heterocycles. The highest BCUT2D eigenvalue weighted by atomic mass is 16.3. The lowest BCUT2D eigenvalue weighted by atomic mass is 10.1. The van der Waals surface area contributed by atoms with Gasteiger partial charge in [0.15, 0.2) is 0 Å². The monoisotopic (exact) mass is 188 g/mol. The molecule has 0 aliphatic rings. The molecule has 1 aromatic heterocycles. The Bertz CT molecular complexity index is 451. The van der Waals surface area contributed by atoms with Crippen LogP contribution in [0, 0.1) is 6.92 Å². The van der Waals surface area contributed by atoms with Crippen molar-refractivity contribution in [1.29, 1.82) is 0 Å². The maximum Gasteiger partial charge on any atom is 0.134 e. The summed E-state index contributed by atoms with van der Waals surface area (Å²) >= 11 is 0. The molecule has 0 aliphatic heterocycles. The third-order valence-electron chi connectivity index (χ3n) is 2.71. The highest BCUT2D eigenvalue weighted by Crippen LogP contribution is 2.27. The Kier molecular flexibility index (Phi) is 2.32. The van der Waals surface area contributed by atoms with Gasteiger partial charge in [0, 0.05) is 17.4 Å². The smallest absolute Gasteiger partial charge is 0.134 e. The van der Waals surface area contributed by atoms with Crippen LogP contribution in [0.25, 0.3) is 11.0 Å². The highest BCUT2D eigenvalue weighted by molar-refractivity contribution is 5.82. The number of hydrogen-bond donors (Lipinski definition) is 0. The van der Waals surface area contributed by atoms with Crippen LogP contribution in [-0.2, 0) is 12.8 Å². The highest BCUT2D eigenvalue weighted by Gasteiger charge is 2.10. The molecule has 1 heterocycles. The van der Waals surface area contributed by atoms with Gasteiger partial charge in [-0.15, -0.1) is 0 Å². The molecule has 2 aromatic rings. The van der Waals surface area contributed by atoms with E-state index >= 15 is 0 Å². The Balaban J connectivity index is 2.73. The molecule has 0 bridgehead atoms. The summed E-state index contributed by atoms with van der Waals surface area (Å²) in [5, 5.41) is 1.29. The van der Waals surface area contributed by atoms with E-state index in [1.54, 1.807) is 0 Å². The van der Waals surface area contributed by atoms with Crippen molar-refractivity contribution in [3.63, 3.8) is 0 Å². The number of hydrogen-bond acceptors (Lipinski definition) is 1. The lowest BCUT2D eigenvalue weighted by Crippen LogP contribution is -1.84. The molecule has 0 aliphatic carbocycles. The third kappa shape index (κ3) is 1.33. The number of fused-ring (bicyclic) bond motifs is 1. The fourth-order valence-corrected chi connectivity index (χ4v) is 1.98. The summed E-state index contributed by atoms with van der Waals surface area (Å²) in [6, 6.07) is 6.44. The lowest BCUT2D eigenvalue weighted by molar-refractivity contribution is 0.551. The summed E-state index contributed by atoms with van der Waals surface area (Å²) in [4.78, 5) is 0. The van der Waals surface area contributed by atoms with E-state index < -0.39 is 0 Å². The Morgan fingerprint density at radius 1 is 1.14 bits per heavy atom. The van der Waals surface area contributed by atoms with Crippen LogP contribution in [0.5, 0.6) is 0 Å². The summed E-state index contributed by atoms with van der Waals surface area (Å²) in [6.45, 7) is 6.42. The number of furan rings is 1. The van der Waals surface area contributed by atoms with Crippen molar-refractivity contribution >= 4 is 11.0 Å². The van der Waals surface area contributed by atoms with Gasteiger partial charge in [0.2, 0.25) is 0 Å². The van der Waals surface area contributed by atoms with Crippen molar-refractivity contribution < 1.29 is 4.42 Å². The summed E-state index contributed by atoms with van der Waals surface area (Å²) in [6.07, 6.45) is 2.04. The molecular weight excluding hydrogens is 172 g/mol. The zero-order valence-corrected chi connectivity index (χ0v) is 9.05. The first kappa shape index (κ1) is 9.32. The molecule has 2 rings (SSSR count). The first-order valence-electron chi connectivity index (χ1n) is 5.27.